The molecule has 0 fully saturated rings. The van der Waals surface area contributed by atoms with Crippen LogP contribution in [0.2, 0.25) is 0 Å². The lowest BCUT2D eigenvalue weighted by Gasteiger charge is -2.20. The molecule has 0 aliphatic carbocycles. The Morgan fingerprint density at radius 1 is 1.05 bits per heavy atom. The number of likely N-dealkylation sites (N-methyl/N-ethyl adjacent to an activating group) is 1. The Kier molecular flexibility index (Phi) is 5.23. The van der Waals surface area contributed by atoms with Crippen molar-refractivity contribution in [2.24, 2.45) is 0 Å². The summed E-state index contributed by atoms with van der Waals surface area (Å²) >= 11 is 0. The number of hydrogen-bond donors (Lipinski definition) is 1. The minimum Gasteiger partial charge on any atom is -0.497 e. The van der Waals surface area contributed by atoms with Gasteiger partial charge in [0.1, 0.15) is 11.5 Å². The minimum atomic E-state index is 0.202. The number of methoxy groups -OCH3 is 2. The van der Waals surface area contributed by atoms with E-state index in [-0.39, 0.29) is 6.04 Å². The maximum absolute atomic E-state index is 5.53. The summed E-state index contributed by atoms with van der Waals surface area (Å²) in [6, 6.07) is 14.7. The van der Waals surface area contributed by atoms with Crippen molar-refractivity contribution in [1.82, 2.24) is 5.32 Å². The first-order valence-electron chi connectivity index (χ1n) is 7.12. The summed E-state index contributed by atoms with van der Waals surface area (Å²) in [5, 5.41) is 3.38. The van der Waals surface area contributed by atoms with Crippen LogP contribution < -0.4 is 14.8 Å². The van der Waals surface area contributed by atoms with Crippen molar-refractivity contribution in [2.45, 2.75) is 19.4 Å². The lowest BCUT2D eigenvalue weighted by Crippen LogP contribution is -2.19. The van der Waals surface area contributed by atoms with E-state index in [0.29, 0.717) is 0 Å². The van der Waals surface area contributed by atoms with Gasteiger partial charge in [0.15, 0.2) is 0 Å². The van der Waals surface area contributed by atoms with Gasteiger partial charge in [-0.25, -0.2) is 0 Å². The fraction of sp³-hybridized carbons (Fsp3) is 0.333. The van der Waals surface area contributed by atoms with Crippen molar-refractivity contribution in [3.8, 4) is 11.5 Å². The van der Waals surface area contributed by atoms with Gasteiger partial charge >= 0.3 is 0 Å². The van der Waals surface area contributed by atoms with E-state index in [1.54, 1.807) is 14.2 Å². The Labute approximate surface area is 126 Å². The lowest BCUT2D eigenvalue weighted by molar-refractivity contribution is 0.400. The second-order valence-electron chi connectivity index (χ2n) is 5.14. The van der Waals surface area contributed by atoms with E-state index < -0.39 is 0 Å². The van der Waals surface area contributed by atoms with Gasteiger partial charge in [0, 0.05) is 11.6 Å². The van der Waals surface area contributed by atoms with Gasteiger partial charge < -0.3 is 14.8 Å². The summed E-state index contributed by atoms with van der Waals surface area (Å²) in [5.41, 5.74) is 3.61. The van der Waals surface area contributed by atoms with E-state index in [9.17, 15) is 0 Å². The van der Waals surface area contributed by atoms with Crippen molar-refractivity contribution < 1.29 is 9.47 Å². The van der Waals surface area contributed by atoms with Crippen LogP contribution in [0.25, 0.3) is 0 Å². The average molecular weight is 285 g/mol. The van der Waals surface area contributed by atoms with Gasteiger partial charge in [-0.3, -0.25) is 0 Å². The van der Waals surface area contributed by atoms with E-state index in [1.807, 2.05) is 19.2 Å². The highest BCUT2D eigenvalue weighted by Crippen LogP contribution is 2.29. The molecule has 1 atom stereocenters. The molecule has 2 rings (SSSR count). The van der Waals surface area contributed by atoms with Gasteiger partial charge in [0.05, 0.1) is 14.2 Å². The second-order valence-corrected chi connectivity index (χ2v) is 5.14. The molecule has 0 spiro atoms. The molecule has 0 bridgehead atoms. The van der Waals surface area contributed by atoms with Gasteiger partial charge in [-0.2, -0.15) is 0 Å². The lowest BCUT2D eigenvalue weighted by atomic mass is 9.97. The summed E-state index contributed by atoms with van der Waals surface area (Å²) in [6.07, 6.45) is 0.882. The highest BCUT2D eigenvalue weighted by molar-refractivity contribution is 5.40. The zero-order valence-electron chi connectivity index (χ0n) is 13.1. The van der Waals surface area contributed by atoms with E-state index >= 15 is 0 Å². The fourth-order valence-electron chi connectivity index (χ4n) is 2.51. The van der Waals surface area contributed by atoms with Crippen LogP contribution in [0, 0.1) is 6.92 Å². The maximum Gasteiger partial charge on any atom is 0.123 e. The second kappa shape index (κ2) is 7.14. The predicted octanol–water partition coefficient (Wildman–Crippen LogP) is 3.52. The van der Waals surface area contributed by atoms with E-state index in [4.69, 9.17) is 9.47 Å². The number of nitrogens with one attached hydrogen (secondary N) is 1. The molecule has 3 nitrogen and oxygen atoms in total. The molecular weight excluding hydrogens is 262 g/mol. The van der Waals surface area contributed by atoms with Crippen LogP contribution in [-0.2, 0) is 6.42 Å². The highest BCUT2D eigenvalue weighted by Gasteiger charge is 2.15. The largest absolute Gasteiger partial charge is 0.497 e. The third-order valence-electron chi connectivity index (χ3n) is 3.69. The molecule has 3 heteroatoms. The Bertz CT molecular complexity index is 596. The quantitative estimate of drug-likeness (QED) is 0.881. The summed E-state index contributed by atoms with van der Waals surface area (Å²) in [7, 11) is 5.39. The van der Waals surface area contributed by atoms with Gasteiger partial charge in [-0.15, -0.1) is 0 Å². The molecule has 21 heavy (non-hydrogen) atoms. The molecular formula is C18H23NO2. The molecule has 0 saturated carbocycles. The Balaban J connectivity index is 2.27. The van der Waals surface area contributed by atoms with Crippen LogP contribution in [-0.4, -0.2) is 21.3 Å². The average Bonchev–Trinajstić information content (AvgIpc) is 2.53. The SMILES string of the molecule is CNC(Cc1cccc(OC)c1)c1ccc(C)cc1OC. The highest BCUT2D eigenvalue weighted by atomic mass is 16.5. The molecule has 112 valence electrons. The smallest absolute Gasteiger partial charge is 0.123 e. The monoisotopic (exact) mass is 285 g/mol. The molecule has 2 aromatic carbocycles. The maximum atomic E-state index is 5.53. The number of benzene rings is 2. The van der Waals surface area contributed by atoms with Gasteiger partial charge in [0.2, 0.25) is 0 Å². The van der Waals surface area contributed by atoms with Crippen molar-refractivity contribution in [1.29, 1.82) is 0 Å². The van der Waals surface area contributed by atoms with E-state index in [2.05, 4.69) is 42.6 Å². The molecule has 0 heterocycles. The summed E-state index contributed by atoms with van der Waals surface area (Å²) in [6.45, 7) is 2.07. The molecule has 1 unspecified atom stereocenters. The third-order valence-corrected chi connectivity index (χ3v) is 3.69. The molecule has 0 aromatic heterocycles. The zero-order chi connectivity index (χ0) is 15.2. The van der Waals surface area contributed by atoms with Crippen molar-refractivity contribution >= 4 is 0 Å². The number of ether oxygens (including phenoxy) is 2. The van der Waals surface area contributed by atoms with Crippen molar-refractivity contribution in [2.75, 3.05) is 21.3 Å². The van der Waals surface area contributed by atoms with Crippen molar-refractivity contribution in [3.63, 3.8) is 0 Å². The standard InChI is InChI=1S/C18H23NO2/c1-13-8-9-16(18(10-13)21-4)17(19-2)12-14-6-5-7-15(11-14)20-3/h5-11,17,19H,12H2,1-4H3. The summed E-state index contributed by atoms with van der Waals surface area (Å²) < 4.78 is 10.8. The van der Waals surface area contributed by atoms with Gasteiger partial charge in [0.25, 0.3) is 0 Å². The van der Waals surface area contributed by atoms with Crippen LogP contribution >= 0.6 is 0 Å². The normalized spacial score (nSPS) is 12.0. The van der Waals surface area contributed by atoms with Crippen molar-refractivity contribution in [3.05, 3.63) is 59.2 Å². The summed E-state index contributed by atoms with van der Waals surface area (Å²) in [5.74, 6) is 1.82. The topological polar surface area (TPSA) is 30.5 Å². The Morgan fingerprint density at radius 2 is 1.86 bits per heavy atom. The van der Waals surface area contributed by atoms with Gasteiger partial charge in [-0.1, -0.05) is 24.3 Å². The Morgan fingerprint density at radius 3 is 2.52 bits per heavy atom. The summed E-state index contributed by atoms with van der Waals surface area (Å²) in [4.78, 5) is 0. The first-order valence-corrected chi connectivity index (χ1v) is 7.12. The first-order chi connectivity index (χ1) is 10.2. The van der Waals surface area contributed by atoms with Crippen LogP contribution in [0.1, 0.15) is 22.7 Å². The molecule has 0 saturated heterocycles. The van der Waals surface area contributed by atoms with Crippen LogP contribution in [0.5, 0.6) is 11.5 Å². The minimum absolute atomic E-state index is 0.202. The van der Waals surface area contributed by atoms with Crippen LogP contribution in [0.4, 0.5) is 0 Å². The molecule has 0 aliphatic heterocycles. The number of aryl methyl sites for hydroxylation is 1. The fourth-order valence-corrected chi connectivity index (χ4v) is 2.51. The van der Waals surface area contributed by atoms with E-state index in [0.717, 1.165) is 17.9 Å². The molecule has 0 amide bonds. The number of rotatable bonds is 6. The predicted molar refractivity (Wildman–Crippen MR) is 86.2 cm³/mol. The molecule has 0 radical (unpaired) electrons. The Hall–Kier alpha value is -2.00. The molecule has 2 aromatic rings. The van der Waals surface area contributed by atoms with Crippen LogP contribution in [0.3, 0.4) is 0 Å². The zero-order valence-corrected chi connectivity index (χ0v) is 13.1. The van der Waals surface area contributed by atoms with Crippen LogP contribution in [0.15, 0.2) is 42.5 Å². The first kappa shape index (κ1) is 15.4. The molecule has 0 aliphatic rings. The van der Waals surface area contributed by atoms with E-state index in [1.165, 1.54) is 16.7 Å². The molecule has 1 N–H and O–H groups in total. The van der Waals surface area contributed by atoms with Gasteiger partial charge in [-0.05, 0) is 49.7 Å². The number of hydrogen-bond acceptors (Lipinski definition) is 3. The third kappa shape index (κ3) is 3.76.